The van der Waals surface area contributed by atoms with Gasteiger partial charge in [-0.15, -0.1) is 11.3 Å². The molecule has 1 aliphatic heterocycles. The predicted molar refractivity (Wildman–Crippen MR) is 107 cm³/mol. The topological polar surface area (TPSA) is 95.6 Å². The highest BCUT2D eigenvalue weighted by molar-refractivity contribution is 7.15. The SMILES string of the molecule is Cc1nc(-c2ccc(O)cc2)sc1CC1(N)C=CN=C(NCC(C)C)N1. The van der Waals surface area contributed by atoms with Crippen LogP contribution in [0.25, 0.3) is 10.6 Å². The molecule has 0 fully saturated rings. The van der Waals surface area contributed by atoms with Gasteiger partial charge in [-0.05, 0) is 43.2 Å². The summed E-state index contributed by atoms with van der Waals surface area (Å²) in [7, 11) is 0. The highest BCUT2D eigenvalue weighted by Gasteiger charge is 2.28. The Morgan fingerprint density at radius 3 is 2.73 bits per heavy atom. The second-order valence-corrected chi connectivity index (χ2v) is 8.07. The Hall–Kier alpha value is -2.38. The van der Waals surface area contributed by atoms with Crippen LogP contribution in [0.3, 0.4) is 0 Å². The van der Waals surface area contributed by atoms with Crippen molar-refractivity contribution in [3.8, 4) is 16.3 Å². The second kappa shape index (κ2) is 7.47. The predicted octanol–water partition coefficient (Wildman–Crippen LogP) is 2.74. The van der Waals surface area contributed by atoms with Gasteiger partial charge in [0.1, 0.15) is 16.4 Å². The minimum Gasteiger partial charge on any atom is -0.508 e. The number of thiazole rings is 1. The van der Waals surface area contributed by atoms with Crippen molar-refractivity contribution in [2.75, 3.05) is 6.54 Å². The Morgan fingerprint density at radius 2 is 2.04 bits per heavy atom. The molecule has 26 heavy (non-hydrogen) atoms. The number of aryl methyl sites for hydroxylation is 1. The monoisotopic (exact) mass is 371 g/mol. The number of rotatable bonds is 5. The number of nitrogens with two attached hydrogens (primary N) is 1. The van der Waals surface area contributed by atoms with E-state index in [1.807, 2.05) is 25.1 Å². The molecular formula is C19H25N5OS. The fourth-order valence-corrected chi connectivity index (χ4v) is 3.79. The van der Waals surface area contributed by atoms with Gasteiger partial charge in [0.2, 0.25) is 0 Å². The van der Waals surface area contributed by atoms with E-state index in [4.69, 9.17) is 5.73 Å². The van der Waals surface area contributed by atoms with Crippen LogP contribution in [0.15, 0.2) is 41.5 Å². The molecule has 0 bridgehead atoms. The van der Waals surface area contributed by atoms with Gasteiger partial charge in [0.25, 0.3) is 0 Å². The van der Waals surface area contributed by atoms with Crippen molar-refractivity contribution in [2.24, 2.45) is 16.6 Å². The number of hydrogen-bond acceptors (Lipinski definition) is 7. The van der Waals surface area contributed by atoms with Gasteiger partial charge >= 0.3 is 0 Å². The minimum absolute atomic E-state index is 0.250. The average molecular weight is 372 g/mol. The number of aliphatic imine (C=N–C) groups is 1. The molecule has 0 spiro atoms. The number of hydrogen-bond donors (Lipinski definition) is 4. The summed E-state index contributed by atoms with van der Waals surface area (Å²) in [6.45, 7) is 7.12. The van der Waals surface area contributed by atoms with Crippen LogP contribution < -0.4 is 16.4 Å². The summed E-state index contributed by atoms with van der Waals surface area (Å²) < 4.78 is 0. The number of benzene rings is 1. The molecule has 0 saturated heterocycles. The van der Waals surface area contributed by atoms with Crippen molar-refractivity contribution in [3.05, 3.63) is 47.1 Å². The Labute approximate surface area is 157 Å². The molecule has 7 heteroatoms. The highest BCUT2D eigenvalue weighted by Crippen LogP contribution is 2.30. The fraction of sp³-hybridized carbons (Fsp3) is 0.368. The summed E-state index contributed by atoms with van der Waals surface area (Å²) in [5.74, 6) is 1.47. The van der Waals surface area contributed by atoms with Crippen LogP contribution in [0.1, 0.15) is 24.4 Å². The molecule has 1 aliphatic rings. The first-order valence-electron chi connectivity index (χ1n) is 8.67. The molecule has 138 valence electrons. The van der Waals surface area contributed by atoms with Crippen LogP contribution in [0, 0.1) is 12.8 Å². The maximum Gasteiger partial charge on any atom is 0.197 e. The van der Waals surface area contributed by atoms with Crippen molar-refractivity contribution >= 4 is 17.3 Å². The maximum absolute atomic E-state index is 9.45. The molecule has 0 radical (unpaired) electrons. The zero-order chi connectivity index (χ0) is 18.7. The van der Waals surface area contributed by atoms with Crippen LogP contribution in [-0.4, -0.2) is 28.3 Å². The first kappa shape index (κ1) is 18.4. The molecule has 0 aliphatic carbocycles. The first-order chi connectivity index (χ1) is 12.3. The molecule has 2 heterocycles. The smallest absolute Gasteiger partial charge is 0.197 e. The lowest BCUT2D eigenvalue weighted by Crippen LogP contribution is -2.60. The third-order valence-electron chi connectivity index (χ3n) is 4.06. The number of nitrogens with one attached hydrogen (secondary N) is 2. The number of guanidine groups is 1. The van der Waals surface area contributed by atoms with E-state index in [0.29, 0.717) is 18.3 Å². The van der Waals surface area contributed by atoms with E-state index < -0.39 is 5.66 Å². The molecule has 3 rings (SSSR count). The van der Waals surface area contributed by atoms with E-state index >= 15 is 0 Å². The van der Waals surface area contributed by atoms with E-state index in [1.165, 1.54) is 0 Å². The quantitative estimate of drug-likeness (QED) is 0.648. The summed E-state index contributed by atoms with van der Waals surface area (Å²) in [6.07, 6.45) is 4.25. The third-order valence-corrected chi connectivity index (χ3v) is 5.27. The van der Waals surface area contributed by atoms with Crippen molar-refractivity contribution < 1.29 is 5.11 Å². The van der Waals surface area contributed by atoms with Gasteiger partial charge in [0.05, 0.1) is 5.69 Å². The first-order valence-corrected chi connectivity index (χ1v) is 9.48. The van der Waals surface area contributed by atoms with Gasteiger partial charge in [-0.25, -0.2) is 9.98 Å². The Kier molecular flexibility index (Phi) is 5.29. The summed E-state index contributed by atoms with van der Waals surface area (Å²) in [5.41, 5.74) is 7.80. The average Bonchev–Trinajstić information content (AvgIpc) is 2.94. The summed E-state index contributed by atoms with van der Waals surface area (Å²) in [4.78, 5) is 10.1. The molecule has 0 amide bonds. The fourth-order valence-electron chi connectivity index (χ4n) is 2.62. The molecule has 1 atom stereocenters. The van der Waals surface area contributed by atoms with Crippen molar-refractivity contribution in [1.29, 1.82) is 0 Å². The van der Waals surface area contributed by atoms with Gasteiger partial charge in [-0.3, -0.25) is 0 Å². The molecular weight excluding hydrogens is 346 g/mol. The lowest BCUT2D eigenvalue weighted by atomic mass is 10.0. The van der Waals surface area contributed by atoms with Crippen molar-refractivity contribution in [2.45, 2.75) is 32.9 Å². The lowest BCUT2D eigenvalue weighted by molar-refractivity contribution is 0.472. The van der Waals surface area contributed by atoms with Crippen molar-refractivity contribution in [1.82, 2.24) is 15.6 Å². The summed E-state index contributed by atoms with van der Waals surface area (Å²) in [6, 6.07) is 7.08. The van der Waals surface area contributed by atoms with Gasteiger partial charge in [0.15, 0.2) is 5.96 Å². The molecule has 6 nitrogen and oxygen atoms in total. The third kappa shape index (κ3) is 4.42. The van der Waals surface area contributed by atoms with Crippen LogP contribution in [0.5, 0.6) is 5.75 Å². The van der Waals surface area contributed by atoms with E-state index in [2.05, 4.69) is 34.5 Å². The van der Waals surface area contributed by atoms with E-state index in [9.17, 15) is 5.11 Å². The normalized spacial score (nSPS) is 19.3. The van der Waals surface area contributed by atoms with Gasteiger partial charge in [-0.2, -0.15) is 0 Å². The Balaban J connectivity index is 1.73. The van der Waals surface area contributed by atoms with Crippen molar-refractivity contribution in [3.63, 3.8) is 0 Å². The number of phenols is 1. The summed E-state index contributed by atoms with van der Waals surface area (Å²) in [5, 5.41) is 17.0. The number of aromatic nitrogens is 1. The molecule has 1 aromatic heterocycles. The van der Waals surface area contributed by atoms with Crippen LogP contribution >= 0.6 is 11.3 Å². The van der Waals surface area contributed by atoms with E-state index in [1.54, 1.807) is 29.7 Å². The van der Waals surface area contributed by atoms with E-state index in [0.717, 1.165) is 27.7 Å². The molecule has 5 N–H and O–H groups in total. The number of nitrogens with zero attached hydrogens (tertiary/aromatic N) is 2. The second-order valence-electron chi connectivity index (χ2n) is 6.98. The Morgan fingerprint density at radius 1 is 1.31 bits per heavy atom. The molecule has 0 saturated carbocycles. The van der Waals surface area contributed by atoms with Crippen LogP contribution in [0.2, 0.25) is 0 Å². The van der Waals surface area contributed by atoms with Gasteiger partial charge in [-0.1, -0.05) is 13.8 Å². The zero-order valence-electron chi connectivity index (χ0n) is 15.3. The molecule has 1 unspecified atom stereocenters. The highest BCUT2D eigenvalue weighted by atomic mass is 32.1. The van der Waals surface area contributed by atoms with E-state index in [-0.39, 0.29) is 5.75 Å². The molecule has 2 aromatic rings. The summed E-state index contributed by atoms with van der Waals surface area (Å²) >= 11 is 1.62. The standard InChI is InChI=1S/C19H25N5OS/c1-12(2)11-22-18-21-9-8-19(20,24-18)10-16-13(3)23-17(26-16)14-4-6-15(25)7-5-14/h4-9,12,25H,10-11,20H2,1-3H3,(H2,21,22,24). The lowest BCUT2D eigenvalue weighted by Gasteiger charge is -2.31. The minimum atomic E-state index is -0.704. The zero-order valence-corrected chi connectivity index (χ0v) is 16.1. The maximum atomic E-state index is 9.45. The van der Waals surface area contributed by atoms with Gasteiger partial charge in [0, 0.05) is 29.6 Å². The molecule has 1 aromatic carbocycles. The largest absolute Gasteiger partial charge is 0.508 e. The van der Waals surface area contributed by atoms with Crippen LogP contribution in [-0.2, 0) is 6.42 Å². The van der Waals surface area contributed by atoms with Crippen LogP contribution in [0.4, 0.5) is 0 Å². The van der Waals surface area contributed by atoms with Gasteiger partial charge < -0.3 is 21.5 Å². The Bertz CT molecular complexity index is 825. The number of aromatic hydroxyl groups is 1. The number of phenolic OH excluding ortho intramolecular Hbond substituents is 1.